The summed E-state index contributed by atoms with van der Waals surface area (Å²) >= 11 is 0. The molecular weight excluding hydrogens is 292 g/mol. The number of aromatic amines is 1. The molecule has 0 aliphatic carbocycles. The van der Waals surface area contributed by atoms with Gasteiger partial charge >= 0.3 is 0 Å². The summed E-state index contributed by atoms with van der Waals surface area (Å²) in [7, 11) is 0. The first-order valence-corrected chi connectivity index (χ1v) is 8.27. The molecule has 1 aromatic heterocycles. The van der Waals surface area contributed by atoms with Crippen LogP contribution in [-0.2, 0) is 16.1 Å². The van der Waals surface area contributed by atoms with Gasteiger partial charge in [-0.05, 0) is 19.1 Å². The van der Waals surface area contributed by atoms with Crippen molar-refractivity contribution in [3.8, 4) is 0 Å². The fraction of sp³-hybridized carbons (Fsp3) is 0.529. The summed E-state index contributed by atoms with van der Waals surface area (Å²) in [6.45, 7) is 7.27. The lowest BCUT2D eigenvalue weighted by molar-refractivity contribution is -0.134. The molecule has 6 heteroatoms. The Balaban J connectivity index is 1.48. The number of carbonyl (C=O) groups is 1. The van der Waals surface area contributed by atoms with Crippen molar-refractivity contribution in [1.29, 1.82) is 0 Å². The minimum absolute atomic E-state index is 0.196. The molecule has 1 N–H and O–H groups in total. The Bertz CT molecular complexity index is 614. The number of benzene rings is 1. The number of amides is 1. The van der Waals surface area contributed by atoms with Crippen molar-refractivity contribution in [2.45, 2.75) is 19.9 Å². The summed E-state index contributed by atoms with van der Waals surface area (Å²) in [4.78, 5) is 24.3. The average Bonchev–Trinajstić information content (AvgIpc) is 2.98. The summed E-state index contributed by atoms with van der Waals surface area (Å²) in [6.07, 6.45) is 0.484. The van der Waals surface area contributed by atoms with Crippen LogP contribution in [0.3, 0.4) is 0 Å². The van der Waals surface area contributed by atoms with Crippen LogP contribution in [-0.4, -0.2) is 65.1 Å². The maximum atomic E-state index is 12.1. The van der Waals surface area contributed by atoms with Gasteiger partial charge in [-0.2, -0.15) is 0 Å². The third kappa shape index (κ3) is 4.09. The Hall–Kier alpha value is -1.92. The minimum Gasteiger partial charge on any atom is -0.381 e. The van der Waals surface area contributed by atoms with E-state index < -0.39 is 0 Å². The van der Waals surface area contributed by atoms with Gasteiger partial charge in [0, 0.05) is 32.8 Å². The molecular formula is C17H24N4O2. The Kier molecular flexibility index (Phi) is 5.25. The molecule has 1 aliphatic rings. The van der Waals surface area contributed by atoms with E-state index in [0.717, 1.165) is 49.6 Å². The normalized spacial score (nSPS) is 16.1. The van der Waals surface area contributed by atoms with Crippen molar-refractivity contribution >= 4 is 16.9 Å². The van der Waals surface area contributed by atoms with E-state index in [1.54, 1.807) is 0 Å². The molecule has 1 amide bonds. The lowest BCUT2D eigenvalue weighted by Crippen LogP contribution is -2.48. The van der Waals surface area contributed by atoms with Crippen LogP contribution in [0, 0.1) is 0 Å². The summed E-state index contributed by atoms with van der Waals surface area (Å²) in [5, 5.41) is 0. The SMILES string of the molecule is CCOCCC(=O)N1CCN(Cc2nc3ccccc3[nH]2)CC1. The van der Waals surface area contributed by atoms with Gasteiger partial charge in [-0.3, -0.25) is 9.69 Å². The molecule has 0 radical (unpaired) electrons. The highest BCUT2D eigenvalue weighted by molar-refractivity contribution is 5.76. The van der Waals surface area contributed by atoms with Gasteiger partial charge in [0.05, 0.1) is 30.6 Å². The van der Waals surface area contributed by atoms with Gasteiger partial charge in [0.1, 0.15) is 5.82 Å². The summed E-state index contributed by atoms with van der Waals surface area (Å²) in [5.74, 6) is 1.18. The number of H-pyrrole nitrogens is 1. The fourth-order valence-electron chi connectivity index (χ4n) is 2.91. The predicted molar refractivity (Wildman–Crippen MR) is 89.1 cm³/mol. The number of nitrogens with zero attached hydrogens (tertiary/aromatic N) is 3. The highest BCUT2D eigenvalue weighted by atomic mass is 16.5. The monoisotopic (exact) mass is 316 g/mol. The van der Waals surface area contributed by atoms with E-state index in [4.69, 9.17) is 4.74 Å². The zero-order valence-corrected chi connectivity index (χ0v) is 13.6. The van der Waals surface area contributed by atoms with Gasteiger partial charge in [-0.25, -0.2) is 4.98 Å². The molecule has 1 fully saturated rings. The first kappa shape index (κ1) is 16.0. The Morgan fingerprint density at radius 1 is 1.26 bits per heavy atom. The van der Waals surface area contributed by atoms with E-state index in [1.807, 2.05) is 36.1 Å². The Labute approximate surface area is 136 Å². The van der Waals surface area contributed by atoms with Gasteiger partial charge in [0.2, 0.25) is 5.91 Å². The zero-order chi connectivity index (χ0) is 16.1. The second-order valence-corrected chi connectivity index (χ2v) is 5.80. The molecule has 1 saturated heterocycles. The van der Waals surface area contributed by atoms with Crippen LogP contribution in [0.25, 0.3) is 11.0 Å². The molecule has 3 rings (SSSR count). The number of piperazine rings is 1. The van der Waals surface area contributed by atoms with E-state index in [0.29, 0.717) is 19.6 Å². The van der Waals surface area contributed by atoms with Crippen LogP contribution >= 0.6 is 0 Å². The van der Waals surface area contributed by atoms with Crippen molar-refractivity contribution in [2.75, 3.05) is 39.4 Å². The van der Waals surface area contributed by atoms with Crippen molar-refractivity contribution in [3.63, 3.8) is 0 Å². The van der Waals surface area contributed by atoms with E-state index in [2.05, 4.69) is 14.9 Å². The molecule has 0 saturated carbocycles. The second kappa shape index (κ2) is 7.57. The molecule has 1 aliphatic heterocycles. The van der Waals surface area contributed by atoms with Crippen LogP contribution in [0.5, 0.6) is 0 Å². The van der Waals surface area contributed by atoms with E-state index >= 15 is 0 Å². The lowest BCUT2D eigenvalue weighted by atomic mass is 10.2. The first-order valence-electron chi connectivity index (χ1n) is 8.27. The molecule has 2 aromatic rings. The van der Waals surface area contributed by atoms with Crippen LogP contribution in [0.2, 0.25) is 0 Å². The average molecular weight is 316 g/mol. The number of hydrogen-bond acceptors (Lipinski definition) is 4. The molecule has 1 aromatic carbocycles. The van der Waals surface area contributed by atoms with Crippen molar-refractivity contribution < 1.29 is 9.53 Å². The number of fused-ring (bicyclic) bond motifs is 1. The quantitative estimate of drug-likeness (QED) is 0.823. The maximum Gasteiger partial charge on any atom is 0.224 e. The fourth-order valence-corrected chi connectivity index (χ4v) is 2.91. The van der Waals surface area contributed by atoms with Crippen LogP contribution < -0.4 is 0 Å². The molecule has 0 spiro atoms. The number of carbonyl (C=O) groups excluding carboxylic acids is 1. The maximum absolute atomic E-state index is 12.1. The summed E-state index contributed by atoms with van der Waals surface area (Å²) in [5.41, 5.74) is 2.08. The van der Waals surface area contributed by atoms with Crippen molar-refractivity contribution in [1.82, 2.24) is 19.8 Å². The number of nitrogens with one attached hydrogen (secondary N) is 1. The van der Waals surface area contributed by atoms with E-state index in [-0.39, 0.29) is 5.91 Å². The molecule has 6 nitrogen and oxygen atoms in total. The standard InChI is InChI=1S/C17H24N4O2/c1-2-23-12-7-17(22)21-10-8-20(9-11-21)13-16-18-14-5-3-4-6-15(14)19-16/h3-6H,2,7-13H2,1H3,(H,18,19). The topological polar surface area (TPSA) is 61.5 Å². The molecule has 2 heterocycles. The molecule has 124 valence electrons. The van der Waals surface area contributed by atoms with Gasteiger partial charge < -0.3 is 14.6 Å². The van der Waals surface area contributed by atoms with E-state index in [1.165, 1.54) is 0 Å². The lowest BCUT2D eigenvalue weighted by Gasteiger charge is -2.34. The second-order valence-electron chi connectivity index (χ2n) is 5.80. The zero-order valence-electron chi connectivity index (χ0n) is 13.6. The number of imidazole rings is 1. The minimum atomic E-state index is 0.196. The number of para-hydroxylation sites is 2. The molecule has 0 bridgehead atoms. The number of aromatic nitrogens is 2. The molecule has 0 unspecified atom stereocenters. The molecule has 0 atom stereocenters. The smallest absolute Gasteiger partial charge is 0.224 e. The highest BCUT2D eigenvalue weighted by Crippen LogP contribution is 2.13. The van der Waals surface area contributed by atoms with Gasteiger partial charge in [-0.15, -0.1) is 0 Å². The van der Waals surface area contributed by atoms with Crippen LogP contribution in [0.1, 0.15) is 19.2 Å². The van der Waals surface area contributed by atoms with E-state index in [9.17, 15) is 4.79 Å². The third-order valence-corrected chi connectivity index (χ3v) is 4.20. The van der Waals surface area contributed by atoms with Crippen molar-refractivity contribution in [2.24, 2.45) is 0 Å². The first-order chi connectivity index (χ1) is 11.3. The Morgan fingerprint density at radius 2 is 2.04 bits per heavy atom. The summed E-state index contributed by atoms with van der Waals surface area (Å²) < 4.78 is 5.25. The van der Waals surface area contributed by atoms with Gasteiger partial charge in [0.25, 0.3) is 0 Å². The highest BCUT2D eigenvalue weighted by Gasteiger charge is 2.21. The van der Waals surface area contributed by atoms with Crippen molar-refractivity contribution in [3.05, 3.63) is 30.1 Å². The number of rotatable bonds is 6. The Morgan fingerprint density at radius 3 is 2.78 bits per heavy atom. The third-order valence-electron chi connectivity index (χ3n) is 4.20. The number of ether oxygens (including phenoxy) is 1. The van der Waals surface area contributed by atoms with Gasteiger partial charge in [0.15, 0.2) is 0 Å². The van der Waals surface area contributed by atoms with Crippen LogP contribution in [0.15, 0.2) is 24.3 Å². The predicted octanol–water partition coefficient (Wildman–Crippen LogP) is 1.63. The molecule has 23 heavy (non-hydrogen) atoms. The van der Waals surface area contributed by atoms with Crippen LogP contribution in [0.4, 0.5) is 0 Å². The largest absolute Gasteiger partial charge is 0.381 e. The summed E-state index contributed by atoms with van der Waals surface area (Å²) in [6, 6.07) is 8.07. The van der Waals surface area contributed by atoms with Gasteiger partial charge in [-0.1, -0.05) is 12.1 Å². The number of hydrogen-bond donors (Lipinski definition) is 1.